The van der Waals surface area contributed by atoms with E-state index in [0.717, 1.165) is 31.5 Å². The number of β-amino-alcohol motifs (C(OH)–C–C–N with tert-alkyl or cyclic N) is 1. The first-order chi connectivity index (χ1) is 6.50. The molecule has 2 heteroatoms. The van der Waals surface area contributed by atoms with Crippen LogP contribution in [0.2, 0.25) is 0 Å². The molecular formula is C12H25NO. The molecule has 2 nitrogen and oxygen atoms in total. The van der Waals surface area contributed by atoms with Crippen molar-refractivity contribution in [3.63, 3.8) is 0 Å². The highest BCUT2D eigenvalue weighted by Crippen LogP contribution is 2.22. The highest BCUT2D eigenvalue weighted by Gasteiger charge is 2.24. The van der Waals surface area contributed by atoms with Crippen LogP contribution >= 0.6 is 0 Å². The molecule has 0 amide bonds. The van der Waals surface area contributed by atoms with Crippen LogP contribution in [0.3, 0.4) is 0 Å². The summed E-state index contributed by atoms with van der Waals surface area (Å²) in [7, 11) is 0. The quantitative estimate of drug-likeness (QED) is 0.751. The van der Waals surface area contributed by atoms with Crippen LogP contribution < -0.4 is 0 Å². The van der Waals surface area contributed by atoms with E-state index in [1.807, 2.05) is 0 Å². The molecule has 1 heterocycles. The zero-order valence-corrected chi connectivity index (χ0v) is 10.0. The first-order valence-corrected chi connectivity index (χ1v) is 5.91. The Labute approximate surface area is 88.3 Å². The number of aliphatic hydroxyl groups is 1. The SMILES string of the molecule is CC(C)C(O)CN1CCC(C)C(C)C1. The van der Waals surface area contributed by atoms with Crippen molar-refractivity contribution < 1.29 is 5.11 Å². The molecule has 1 saturated heterocycles. The van der Waals surface area contributed by atoms with Gasteiger partial charge >= 0.3 is 0 Å². The van der Waals surface area contributed by atoms with Gasteiger partial charge in [0.2, 0.25) is 0 Å². The molecule has 0 saturated carbocycles. The lowest BCUT2D eigenvalue weighted by Gasteiger charge is -2.36. The third kappa shape index (κ3) is 3.25. The van der Waals surface area contributed by atoms with Crippen molar-refractivity contribution in [1.82, 2.24) is 4.90 Å². The topological polar surface area (TPSA) is 23.5 Å². The lowest BCUT2D eigenvalue weighted by molar-refractivity contribution is 0.0472. The Kier molecular flexibility index (Phi) is 4.39. The molecule has 1 aliphatic heterocycles. The normalized spacial score (nSPS) is 32.1. The van der Waals surface area contributed by atoms with Crippen LogP contribution in [0, 0.1) is 17.8 Å². The molecule has 1 aliphatic rings. The van der Waals surface area contributed by atoms with Gasteiger partial charge in [-0.15, -0.1) is 0 Å². The van der Waals surface area contributed by atoms with Crippen LogP contribution in [0.1, 0.15) is 34.1 Å². The summed E-state index contributed by atoms with van der Waals surface area (Å²) in [5, 5.41) is 9.79. The summed E-state index contributed by atoms with van der Waals surface area (Å²) in [6.45, 7) is 12.0. The van der Waals surface area contributed by atoms with E-state index < -0.39 is 0 Å². The Bertz CT molecular complexity index is 170. The largest absolute Gasteiger partial charge is 0.392 e. The van der Waals surface area contributed by atoms with Gasteiger partial charge in [0.05, 0.1) is 6.10 Å². The van der Waals surface area contributed by atoms with Gasteiger partial charge in [-0.2, -0.15) is 0 Å². The maximum atomic E-state index is 9.79. The van der Waals surface area contributed by atoms with Crippen molar-refractivity contribution in [3.05, 3.63) is 0 Å². The summed E-state index contributed by atoms with van der Waals surface area (Å²) in [4.78, 5) is 2.41. The maximum absolute atomic E-state index is 9.79. The minimum absolute atomic E-state index is 0.157. The molecule has 0 radical (unpaired) electrons. The Hall–Kier alpha value is -0.0800. The van der Waals surface area contributed by atoms with Gasteiger partial charge in [0.1, 0.15) is 0 Å². The van der Waals surface area contributed by atoms with Crippen molar-refractivity contribution in [2.75, 3.05) is 19.6 Å². The van der Waals surface area contributed by atoms with Gasteiger partial charge in [-0.3, -0.25) is 0 Å². The van der Waals surface area contributed by atoms with E-state index in [9.17, 15) is 5.11 Å². The molecule has 0 bridgehead atoms. The van der Waals surface area contributed by atoms with E-state index >= 15 is 0 Å². The number of rotatable bonds is 3. The predicted octanol–water partition coefficient (Wildman–Crippen LogP) is 1.98. The first kappa shape index (κ1) is 12.0. The average Bonchev–Trinajstić information content (AvgIpc) is 2.11. The standard InChI is InChI=1S/C12H25NO/c1-9(2)12(14)8-13-6-5-10(3)11(4)7-13/h9-12,14H,5-8H2,1-4H3. The fourth-order valence-electron chi connectivity index (χ4n) is 1.99. The average molecular weight is 199 g/mol. The molecule has 3 atom stereocenters. The molecule has 0 aromatic carbocycles. The fourth-order valence-corrected chi connectivity index (χ4v) is 1.99. The minimum Gasteiger partial charge on any atom is -0.392 e. The van der Waals surface area contributed by atoms with Gasteiger partial charge in [0, 0.05) is 13.1 Å². The zero-order valence-electron chi connectivity index (χ0n) is 10.0. The summed E-state index contributed by atoms with van der Waals surface area (Å²) >= 11 is 0. The molecule has 1 N–H and O–H groups in total. The Morgan fingerprint density at radius 1 is 1.29 bits per heavy atom. The number of hydrogen-bond donors (Lipinski definition) is 1. The van der Waals surface area contributed by atoms with Gasteiger partial charge in [0.25, 0.3) is 0 Å². The van der Waals surface area contributed by atoms with Gasteiger partial charge in [0.15, 0.2) is 0 Å². The number of likely N-dealkylation sites (tertiary alicyclic amines) is 1. The van der Waals surface area contributed by atoms with Crippen LogP contribution in [0.25, 0.3) is 0 Å². The van der Waals surface area contributed by atoms with Crippen LogP contribution in [-0.2, 0) is 0 Å². The summed E-state index contributed by atoms with van der Waals surface area (Å²) in [6, 6.07) is 0. The molecule has 14 heavy (non-hydrogen) atoms. The first-order valence-electron chi connectivity index (χ1n) is 5.91. The predicted molar refractivity (Wildman–Crippen MR) is 60.2 cm³/mol. The summed E-state index contributed by atoms with van der Waals surface area (Å²) in [5.41, 5.74) is 0. The van der Waals surface area contributed by atoms with Crippen molar-refractivity contribution >= 4 is 0 Å². The summed E-state index contributed by atoms with van der Waals surface area (Å²) in [5.74, 6) is 2.01. The monoisotopic (exact) mass is 199 g/mol. The highest BCUT2D eigenvalue weighted by molar-refractivity contribution is 4.77. The molecule has 0 aromatic heterocycles. The number of nitrogens with zero attached hydrogens (tertiary/aromatic N) is 1. The van der Waals surface area contributed by atoms with Crippen LogP contribution in [0.4, 0.5) is 0 Å². The minimum atomic E-state index is -0.157. The van der Waals surface area contributed by atoms with Gasteiger partial charge in [-0.05, 0) is 30.7 Å². The molecule has 0 aromatic rings. The van der Waals surface area contributed by atoms with Crippen LogP contribution in [0.5, 0.6) is 0 Å². The fraction of sp³-hybridized carbons (Fsp3) is 1.00. The van der Waals surface area contributed by atoms with E-state index in [1.54, 1.807) is 0 Å². The maximum Gasteiger partial charge on any atom is 0.0689 e. The Balaban J connectivity index is 2.33. The smallest absolute Gasteiger partial charge is 0.0689 e. The molecule has 3 unspecified atom stereocenters. The Morgan fingerprint density at radius 2 is 1.93 bits per heavy atom. The molecule has 1 rings (SSSR count). The van der Waals surface area contributed by atoms with Gasteiger partial charge < -0.3 is 10.0 Å². The van der Waals surface area contributed by atoms with Gasteiger partial charge in [-0.25, -0.2) is 0 Å². The lowest BCUT2D eigenvalue weighted by atomic mass is 9.88. The number of aliphatic hydroxyl groups excluding tert-OH is 1. The van der Waals surface area contributed by atoms with Crippen LogP contribution in [-0.4, -0.2) is 35.7 Å². The van der Waals surface area contributed by atoms with Crippen molar-refractivity contribution in [3.8, 4) is 0 Å². The molecular weight excluding hydrogens is 174 g/mol. The van der Waals surface area contributed by atoms with Crippen molar-refractivity contribution in [2.24, 2.45) is 17.8 Å². The summed E-state index contributed by atoms with van der Waals surface area (Å²) in [6.07, 6.45) is 1.13. The summed E-state index contributed by atoms with van der Waals surface area (Å²) < 4.78 is 0. The second-order valence-electron chi connectivity index (χ2n) is 5.31. The van der Waals surface area contributed by atoms with Crippen molar-refractivity contribution in [1.29, 1.82) is 0 Å². The van der Waals surface area contributed by atoms with E-state index in [0.29, 0.717) is 5.92 Å². The molecule has 0 spiro atoms. The number of hydrogen-bond acceptors (Lipinski definition) is 2. The highest BCUT2D eigenvalue weighted by atomic mass is 16.3. The van der Waals surface area contributed by atoms with Crippen LogP contribution in [0.15, 0.2) is 0 Å². The molecule has 84 valence electrons. The van der Waals surface area contributed by atoms with Crippen molar-refractivity contribution in [2.45, 2.75) is 40.2 Å². The second-order valence-corrected chi connectivity index (χ2v) is 5.31. The van der Waals surface area contributed by atoms with E-state index in [1.165, 1.54) is 6.42 Å². The third-order valence-corrected chi connectivity index (χ3v) is 3.63. The van der Waals surface area contributed by atoms with E-state index in [-0.39, 0.29) is 6.10 Å². The second kappa shape index (κ2) is 5.13. The zero-order chi connectivity index (χ0) is 10.7. The van der Waals surface area contributed by atoms with Gasteiger partial charge in [-0.1, -0.05) is 27.7 Å². The Morgan fingerprint density at radius 3 is 2.43 bits per heavy atom. The molecule has 1 fully saturated rings. The lowest BCUT2D eigenvalue weighted by Crippen LogP contribution is -2.43. The number of piperidine rings is 1. The van der Waals surface area contributed by atoms with E-state index in [4.69, 9.17) is 0 Å². The third-order valence-electron chi connectivity index (χ3n) is 3.63. The molecule has 0 aliphatic carbocycles. The van der Waals surface area contributed by atoms with E-state index in [2.05, 4.69) is 32.6 Å².